The van der Waals surface area contributed by atoms with Crippen LogP contribution in [0, 0.1) is 27.7 Å². The van der Waals surface area contributed by atoms with E-state index in [1.54, 1.807) is 0 Å². The number of hydrogen-bond donors (Lipinski definition) is 0. The van der Waals surface area contributed by atoms with Gasteiger partial charge >= 0.3 is 0 Å². The molecular weight excluding hydrogens is 390 g/mol. The molecule has 0 aliphatic rings. The Morgan fingerprint density at radius 1 is 0.594 bits per heavy atom. The maximum Gasteiger partial charge on any atom is 0.0704 e. The van der Waals surface area contributed by atoms with Crippen LogP contribution in [0.1, 0.15) is 22.4 Å². The highest BCUT2D eigenvalue weighted by atomic mass is 14.7. The lowest BCUT2D eigenvalue weighted by molar-refractivity contribution is 1.20. The number of benzene rings is 2. The van der Waals surface area contributed by atoms with Crippen LogP contribution < -0.4 is 0 Å². The van der Waals surface area contributed by atoms with Crippen molar-refractivity contribution in [1.82, 2.24) is 15.0 Å². The molecule has 0 atom stereocenters. The molecule has 0 fully saturated rings. The quantitative estimate of drug-likeness (QED) is 0.311. The van der Waals surface area contributed by atoms with Crippen LogP contribution in [-0.2, 0) is 0 Å². The summed E-state index contributed by atoms with van der Waals surface area (Å²) in [5.41, 5.74) is 11.6. The predicted octanol–water partition coefficient (Wildman–Crippen LogP) is 7.26. The first-order valence-electron chi connectivity index (χ1n) is 10.9. The van der Waals surface area contributed by atoms with Gasteiger partial charge in [-0.05, 0) is 96.8 Å². The van der Waals surface area contributed by atoms with Crippen LogP contribution >= 0.6 is 0 Å². The Morgan fingerprint density at radius 3 is 2.12 bits per heavy atom. The Labute approximate surface area is 188 Å². The van der Waals surface area contributed by atoms with Gasteiger partial charge in [-0.3, -0.25) is 15.0 Å². The van der Waals surface area contributed by atoms with E-state index in [9.17, 15) is 0 Å². The standard InChI is InChI=1S/C29H25N3/c1-18-10-13-31-27(14-18)22-6-5-7-23(15-22)28-20(3)21(4)29(24-9-8-19(2)32-16-24)25-11-12-30-17-26(25)28/h5-17H,1-4H3. The largest absolute Gasteiger partial charge is 0.264 e. The molecule has 0 radical (unpaired) electrons. The molecule has 3 aromatic heterocycles. The van der Waals surface area contributed by atoms with E-state index in [-0.39, 0.29) is 0 Å². The molecule has 0 aliphatic heterocycles. The molecule has 0 saturated carbocycles. The minimum absolute atomic E-state index is 0.992. The third-order valence-corrected chi connectivity index (χ3v) is 6.23. The number of pyridine rings is 3. The first-order chi connectivity index (χ1) is 15.5. The zero-order chi connectivity index (χ0) is 22.2. The third kappa shape index (κ3) is 3.46. The number of aryl methyl sites for hydroxylation is 2. The van der Waals surface area contributed by atoms with Gasteiger partial charge in [-0.1, -0.05) is 24.3 Å². The van der Waals surface area contributed by atoms with Crippen LogP contribution in [0.3, 0.4) is 0 Å². The van der Waals surface area contributed by atoms with E-state index in [1.807, 2.05) is 37.8 Å². The number of fused-ring (bicyclic) bond motifs is 1. The summed E-state index contributed by atoms with van der Waals surface area (Å²) in [6, 6.07) is 19.2. The van der Waals surface area contributed by atoms with Gasteiger partial charge in [0.05, 0.1) is 5.69 Å². The molecule has 0 unspecified atom stereocenters. The van der Waals surface area contributed by atoms with Crippen LogP contribution in [0.4, 0.5) is 0 Å². The molecule has 0 bridgehead atoms. The topological polar surface area (TPSA) is 38.7 Å². The number of aromatic nitrogens is 3. The second kappa shape index (κ2) is 8.01. The van der Waals surface area contributed by atoms with E-state index in [2.05, 4.69) is 84.3 Å². The highest BCUT2D eigenvalue weighted by molar-refractivity contribution is 6.07. The Hall–Kier alpha value is -3.85. The van der Waals surface area contributed by atoms with E-state index in [0.717, 1.165) is 27.9 Å². The van der Waals surface area contributed by atoms with Crippen LogP contribution in [0.15, 0.2) is 79.4 Å². The normalized spacial score (nSPS) is 11.1. The van der Waals surface area contributed by atoms with Crippen LogP contribution in [0.2, 0.25) is 0 Å². The molecule has 0 N–H and O–H groups in total. The Morgan fingerprint density at radius 2 is 1.38 bits per heavy atom. The first kappa shape index (κ1) is 20.1. The van der Waals surface area contributed by atoms with Crippen LogP contribution in [0.25, 0.3) is 44.3 Å². The van der Waals surface area contributed by atoms with E-state index in [4.69, 9.17) is 0 Å². The highest BCUT2D eigenvalue weighted by Crippen LogP contribution is 2.41. The lowest BCUT2D eigenvalue weighted by Gasteiger charge is -2.19. The van der Waals surface area contributed by atoms with E-state index in [1.165, 1.54) is 38.8 Å². The number of nitrogens with zero attached hydrogens (tertiary/aromatic N) is 3. The molecule has 0 saturated heterocycles. The lowest BCUT2D eigenvalue weighted by Crippen LogP contribution is -1.97. The Kier molecular flexibility index (Phi) is 5.02. The molecule has 3 heteroatoms. The second-order valence-electron chi connectivity index (χ2n) is 8.41. The van der Waals surface area contributed by atoms with E-state index in [0.29, 0.717) is 0 Å². The molecule has 2 aromatic carbocycles. The van der Waals surface area contributed by atoms with Crippen molar-refractivity contribution in [2.24, 2.45) is 0 Å². The van der Waals surface area contributed by atoms with Crippen molar-refractivity contribution < 1.29 is 0 Å². The van der Waals surface area contributed by atoms with Gasteiger partial charge in [0.2, 0.25) is 0 Å². The Balaban J connectivity index is 1.77. The lowest BCUT2D eigenvalue weighted by atomic mass is 9.85. The smallest absolute Gasteiger partial charge is 0.0704 e. The summed E-state index contributed by atoms with van der Waals surface area (Å²) < 4.78 is 0. The van der Waals surface area contributed by atoms with Crippen LogP contribution in [-0.4, -0.2) is 15.0 Å². The van der Waals surface area contributed by atoms with E-state index < -0.39 is 0 Å². The molecule has 5 rings (SSSR count). The second-order valence-corrected chi connectivity index (χ2v) is 8.41. The summed E-state index contributed by atoms with van der Waals surface area (Å²) in [6.07, 6.45) is 7.70. The maximum absolute atomic E-state index is 4.59. The fraction of sp³-hybridized carbons (Fsp3) is 0.138. The zero-order valence-corrected chi connectivity index (χ0v) is 18.8. The van der Waals surface area contributed by atoms with Crippen molar-refractivity contribution in [1.29, 1.82) is 0 Å². The number of rotatable bonds is 3. The first-order valence-corrected chi connectivity index (χ1v) is 10.9. The average molecular weight is 416 g/mol. The van der Waals surface area contributed by atoms with Crippen molar-refractivity contribution in [3.05, 3.63) is 102 Å². The van der Waals surface area contributed by atoms with Crippen molar-refractivity contribution in [2.75, 3.05) is 0 Å². The summed E-state index contributed by atoms with van der Waals surface area (Å²) in [4.78, 5) is 13.6. The summed E-state index contributed by atoms with van der Waals surface area (Å²) in [7, 11) is 0. The predicted molar refractivity (Wildman–Crippen MR) is 133 cm³/mol. The maximum atomic E-state index is 4.59. The third-order valence-electron chi connectivity index (χ3n) is 6.23. The molecule has 3 heterocycles. The fourth-order valence-electron chi connectivity index (χ4n) is 4.48. The molecule has 0 aliphatic carbocycles. The van der Waals surface area contributed by atoms with Gasteiger partial charge in [0.1, 0.15) is 0 Å². The molecular formula is C29H25N3. The molecule has 32 heavy (non-hydrogen) atoms. The van der Waals surface area contributed by atoms with Gasteiger partial charge in [-0.15, -0.1) is 0 Å². The summed E-state index contributed by atoms with van der Waals surface area (Å²) in [6.45, 7) is 8.53. The molecule has 5 aromatic rings. The van der Waals surface area contributed by atoms with Gasteiger partial charge < -0.3 is 0 Å². The van der Waals surface area contributed by atoms with Gasteiger partial charge in [-0.25, -0.2) is 0 Å². The summed E-state index contributed by atoms with van der Waals surface area (Å²) in [5.74, 6) is 0. The molecule has 156 valence electrons. The van der Waals surface area contributed by atoms with Crippen molar-refractivity contribution in [2.45, 2.75) is 27.7 Å². The SMILES string of the molecule is Cc1ccnc(-c2cccc(-c3c(C)c(C)c(-c4ccc(C)nc4)c4ccncc34)c2)c1. The monoisotopic (exact) mass is 415 g/mol. The summed E-state index contributed by atoms with van der Waals surface area (Å²) >= 11 is 0. The van der Waals surface area contributed by atoms with Gasteiger partial charge in [0.15, 0.2) is 0 Å². The average Bonchev–Trinajstić information content (AvgIpc) is 2.81. The van der Waals surface area contributed by atoms with E-state index >= 15 is 0 Å². The van der Waals surface area contributed by atoms with Gasteiger partial charge in [-0.2, -0.15) is 0 Å². The highest BCUT2D eigenvalue weighted by Gasteiger charge is 2.17. The Bertz CT molecular complexity index is 1450. The van der Waals surface area contributed by atoms with Gasteiger partial charge in [0, 0.05) is 47.0 Å². The van der Waals surface area contributed by atoms with Crippen molar-refractivity contribution >= 4 is 10.8 Å². The number of hydrogen-bond acceptors (Lipinski definition) is 3. The van der Waals surface area contributed by atoms with Crippen molar-refractivity contribution in [3.8, 4) is 33.5 Å². The minimum atomic E-state index is 0.992. The van der Waals surface area contributed by atoms with Gasteiger partial charge in [0.25, 0.3) is 0 Å². The van der Waals surface area contributed by atoms with Crippen molar-refractivity contribution in [3.63, 3.8) is 0 Å². The zero-order valence-electron chi connectivity index (χ0n) is 18.8. The molecule has 0 amide bonds. The molecule has 3 nitrogen and oxygen atoms in total. The fourth-order valence-corrected chi connectivity index (χ4v) is 4.48. The van der Waals surface area contributed by atoms with Crippen LogP contribution in [0.5, 0.6) is 0 Å². The minimum Gasteiger partial charge on any atom is -0.264 e. The molecule has 0 spiro atoms. The summed E-state index contributed by atoms with van der Waals surface area (Å²) in [5, 5.41) is 2.35.